The van der Waals surface area contributed by atoms with E-state index in [-0.39, 0.29) is 5.78 Å². The fourth-order valence-electron chi connectivity index (χ4n) is 4.87. The lowest BCUT2D eigenvalue weighted by Gasteiger charge is -2.46. The second kappa shape index (κ2) is 7.69. The molecular formula is C23H31N3O. The Morgan fingerprint density at radius 3 is 2.67 bits per heavy atom. The van der Waals surface area contributed by atoms with Gasteiger partial charge in [0.25, 0.3) is 0 Å². The van der Waals surface area contributed by atoms with Gasteiger partial charge >= 0.3 is 0 Å². The van der Waals surface area contributed by atoms with Gasteiger partial charge in [0.1, 0.15) is 0 Å². The minimum Gasteiger partial charge on any atom is -0.302 e. The third-order valence-electron chi connectivity index (χ3n) is 6.42. The van der Waals surface area contributed by atoms with E-state index in [0.717, 1.165) is 29.6 Å². The minimum atomic E-state index is -0.505. The van der Waals surface area contributed by atoms with Gasteiger partial charge in [0.2, 0.25) is 0 Å². The maximum Gasteiger partial charge on any atom is 0.184 e. The zero-order valence-electron chi connectivity index (χ0n) is 16.7. The summed E-state index contributed by atoms with van der Waals surface area (Å²) in [5, 5.41) is 1.03. The van der Waals surface area contributed by atoms with Crippen LogP contribution in [0, 0.1) is 0 Å². The topological polar surface area (TPSA) is 36.4 Å². The monoisotopic (exact) mass is 365 g/mol. The molecule has 3 heterocycles. The first-order valence-corrected chi connectivity index (χ1v) is 10.4. The summed E-state index contributed by atoms with van der Waals surface area (Å²) < 4.78 is 0. The standard InChI is InChI=1S/C23H31N3O/c1-23(2,22(27)19-15-18-9-3-4-11-21(18)24-16-19)26-14-6-5-10-20(26)17-25-12-7-8-13-25/h3-4,9,11,15-16,20H,5-8,10,12-14,17H2,1-2H3. The number of para-hydroxylation sites is 1. The van der Waals surface area contributed by atoms with Crippen molar-refractivity contribution in [1.29, 1.82) is 0 Å². The lowest BCUT2D eigenvalue weighted by Crippen LogP contribution is -2.59. The van der Waals surface area contributed by atoms with Gasteiger partial charge < -0.3 is 4.90 Å². The number of pyridine rings is 1. The normalized spacial score (nSPS) is 22.4. The summed E-state index contributed by atoms with van der Waals surface area (Å²) in [7, 11) is 0. The van der Waals surface area contributed by atoms with Crippen LogP contribution < -0.4 is 0 Å². The van der Waals surface area contributed by atoms with Crippen molar-refractivity contribution in [2.45, 2.75) is 57.5 Å². The molecule has 2 fully saturated rings. The number of aromatic nitrogens is 1. The Labute approximate surface area is 162 Å². The van der Waals surface area contributed by atoms with Gasteiger partial charge in [0.05, 0.1) is 11.1 Å². The Hall–Kier alpha value is -1.78. The molecule has 2 aliphatic heterocycles. The summed E-state index contributed by atoms with van der Waals surface area (Å²) >= 11 is 0. The van der Waals surface area contributed by atoms with Crippen molar-refractivity contribution < 1.29 is 4.79 Å². The van der Waals surface area contributed by atoms with E-state index in [2.05, 4.69) is 28.6 Å². The first kappa shape index (κ1) is 18.6. The molecule has 0 bridgehead atoms. The van der Waals surface area contributed by atoms with E-state index < -0.39 is 5.54 Å². The van der Waals surface area contributed by atoms with E-state index >= 15 is 0 Å². The molecule has 4 rings (SSSR count). The summed E-state index contributed by atoms with van der Waals surface area (Å²) in [6.07, 6.45) is 8.05. The average molecular weight is 366 g/mol. The largest absolute Gasteiger partial charge is 0.302 e. The van der Waals surface area contributed by atoms with Crippen molar-refractivity contribution in [1.82, 2.24) is 14.8 Å². The van der Waals surface area contributed by atoms with E-state index in [4.69, 9.17) is 0 Å². The highest BCUT2D eigenvalue weighted by molar-refractivity contribution is 6.04. The number of rotatable bonds is 5. The van der Waals surface area contributed by atoms with E-state index in [1.807, 2.05) is 30.3 Å². The summed E-state index contributed by atoms with van der Waals surface area (Å²) in [5.74, 6) is 0.189. The van der Waals surface area contributed by atoms with Crippen LogP contribution in [0.4, 0.5) is 0 Å². The van der Waals surface area contributed by atoms with Gasteiger partial charge in [-0.2, -0.15) is 0 Å². The number of carbonyl (C=O) groups is 1. The van der Waals surface area contributed by atoms with Crippen molar-refractivity contribution in [3.05, 3.63) is 42.1 Å². The van der Waals surface area contributed by atoms with Crippen molar-refractivity contribution in [2.24, 2.45) is 0 Å². The van der Waals surface area contributed by atoms with Crippen LogP contribution in [-0.2, 0) is 0 Å². The quantitative estimate of drug-likeness (QED) is 0.746. The molecule has 0 radical (unpaired) electrons. The number of benzene rings is 1. The molecule has 1 aromatic heterocycles. The van der Waals surface area contributed by atoms with Crippen molar-refractivity contribution in [3.63, 3.8) is 0 Å². The van der Waals surface area contributed by atoms with Crippen molar-refractivity contribution in [3.8, 4) is 0 Å². The van der Waals surface area contributed by atoms with Gasteiger partial charge in [-0.1, -0.05) is 24.6 Å². The zero-order valence-corrected chi connectivity index (χ0v) is 16.7. The molecule has 0 N–H and O–H groups in total. The van der Waals surface area contributed by atoms with E-state index in [9.17, 15) is 4.79 Å². The number of piperidine rings is 1. The number of fused-ring (bicyclic) bond motifs is 1. The van der Waals surface area contributed by atoms with E-state index in [0.29, 0.717) is 6.04 Å². The van der Waals surface area contributed by atoms with Crippen LogP contribution in [0.1, 0.15) is 56.3 Å². The number of hydrogen-bond acceptors (Lipinski definition) is 4. The first-order valence-electron chi connectivity index (χ1n) is 10.4. The SMILES string of the molecule is CC(C)(C(=O)c1cnc2ccccc2c1)N1CCCCC1CN1CCCC1. The van der Waals surface area contributed by atoms with Crippen molar-refractivity contribution >= 4 is 16.7 Å². The predicted octanol–water partition coefficient (Wildman–Crippen LogP) is 4.15. The average Bonchev–Trinajstić information content (AvgIpc) is 3.20. The molecular weight excluding hydrogens is 334 g/mol. The van der Waals surface area contributed by atoms with Crippen LogP contribution in [0.2, 0.25) is 0 Å². The molecule has 0 saturated carbocycles. The molecule has 27 heavy (non-hydrogen) atoms. The second-order valence-corrected chi connectivity index (χ2v) is 8.66. The molecule has 1 aromatic carbocycles. The third kappa shape index (κ3) is 3.78. The number of likely N-dealkylation sites (tertiary alicyclic amines) is 2. The van der Waals surface area contributed by atoms with Crippen LogP contribution in [-0.4, -0.2) is 58.3 Å². The van der Waals surface area contributed by atoms with Gasteiger partial charge in [-0.3, -0.25) is 14.7 Å². The molecule has 4 nitrogen and oxygen atoms in total. The molecule has 0 aliphatic carbocycles. The molecule has 4 heteroatoms. The highest BCUT2D eigenvalue weighted by atomic mass is 16.1. The Bertz CT molecular complexity index is 810. The third-order valence-corrected chi connectivity index (χ3v) is 6.42. The first-order chi connectivity index (χ1) is 13.1. The van der Waals surface area contributed by atoms with Crippen LogP contribution in [0.3, 0.4) is 0 Å². The van der Waals surface area contributed by atoms with Gasteiger partial charge in [-0.15, -0.1) is 0 Å². The maximum atomic E-state index is 13.5. The Morgan fingerprint density at radius 2 is 1.85 bits per heavy atom. The second-order valence-electron chi connectivity index (χ2n) is 8.66. The molecule has 144 valence electrons. The highest BCUT2D eigenvalue weighted by Gasteiger charge is 2.40. The fraction of sp³-hybridized carbons (Fsp3) is 0.565. The number of hydrogen-bond donors (Lipinski definition) is 0. The highest BCUT2D eigenvalue weighted by Crippen LogP contribution is 2.30. The molecule has 2 aromatic rings. The molecule has 0 spiro atoms. The maximum absolute atomic E-state index is 13.5. The van der Waals surface area contributed by atoms with Crippen LogP contribution in [0.25, 0.3) is 10.9 Å². The van der Waals surface area contributed by atoms with Crippen molar-refractivity contribution in [2.75, 3.05) is 26.2 Å². The van der Waals surface area contributed by atoms with Crippen LogP contribution >= 0.6 is 0 Å². The van der Waals surface area contributed by atoms with E-state index in [1.54, 1.807) is 6.20 Å². The van der Waals surface area contributed by atoms with Crippen LogP contribution in [0.15, 0.2) is 36.5 Å². The summed E-state index contributed by atoms with van der Waals surface area (Å²) in [6, 6.07) is 10.5. The minimum absolute atomic E-state index is 0.189. The lowest BCUT2D eigenvalue weighted by molar-refractivity contribution is 0.0238. The molecule has 2 saturated heterocycles. The Kier molecular flexibility index (Phi) is 5.29. The van der Waals surface area contributed by atoms with Gasteiger partial charge in [0.15, 0.2) is 5.78 Å². The Balaban J connectivity index is 1.57. The lowest BCUT2D eigenvalue weighted by atomic mass is 9.87. The smallest absolute Gasteiger partial charge is 0.184 e. The van der Waals surface area contributed by atoms with Gasteiger partial charge in [0, 0.05) is 29.7 Å². The number of Topliss-reactive ketones (excluding diaryl/α,β-unsaturated/α-hetero) is 1. The molecule has 1 atom stereocenters. The number of nitrogens with zero attached hydrogens (tertiary/aromatic N) is 3. The number of carbonyl (C=O) groups excluding carboxylic acids is 1. The molecule has 1 unspecified atom stereocenters. The van der Waals surface area contributed by atoms with Gasteiger partial charge in [-0.25, -0.2) is 0 Å². The predicted molar refractivity (Wildman–Crippen MR) is 110 cm³/mol. The summed E-state index contributed by atoms with van der Waals surface area (Å²) in [6.45, 7) is 8.76. The number of ketones is 1. The van der Waals surface area contributed by atoms with E-state index in [1.165, 1.54) is 45.2 Å². The Morgan fingerprint density at radius 1 is 1.11 bits per heavy atom. The summed E-state index contributed by atoms with van der Waals surface area (Å²) in [5.41, 5.74) is 1.16. The van der Waals surface area contributed by atoms with Gasteiger partial charge in [-0.05, 0) is 71.3 Å². The molecule has 0 amide bonds. The fourth-order valence-corrected chi connectivity index (χ4v) is 4.87. The summed E-state index contributed by atoms with van der Waals surface area (Å²) in [4.78, 5) is 23.1. The zero-order chi connectivity index (χ0) is 18.9. The van der Waals surface area contributed by atoms with Crippen LogP contribution in [0.5, 0.6) is 0 Å². The molecule has 2 aliphatic rings.